The van der Waals surface area contributed by atoms with Gasteiger partial charge in [0.25, 0.3) is 0 Å². The van der Waals surface area contributed by atoms with E-state index in [2.05, 4.69) is 34.3 Å². The molecule has 0 aliphatic heterocycles. The molecule has 0 spiro atoms. The molecule has 2 heterocycles. The monoisotopic (exact) mass is 267 g/mol. The Morgan fingerprint density at radius 3 is 2.85 bits per heavy atom. The fourth-order valence-electron chi connectivity index (χ4n) is 2.22. The summed E-state index contributed by atoms with van der Waals surface area (Å²) in [7, 11) is 0. The third-order valence-electron chi connectivity index (χ3n) is 3.29. The molecule has 3 aromatic rings. The molecule has 0 fully saturated rings. The standard InChI is InChI=1S/C16H17N3O/c1-2-14-10-19-16(20-14)11-18-9-13-8-17-7-12-5-3-4-6-15(12)13/h3-8,10,18H,2,9,11H2,1H3. The number of aryl methyl sites for hydroxylation is 1. The van der Waals surface area contributed by atoms with Gasteiger partial charge in [0.15, 0.2) is 0 Å². The predicted octanol–water partition coefficient (Wildman–Crippen LogP) is 3.08. The normalized spacial score (nSPS) is 11.1. The molecule has 102 valence electrons. The Morgan fingerprint density at radius 1 is 1.10 bits per heavy atom. The van der Waals surface area contributed by atoms with Crippen molar-refractivity contribution in [2.24, 2.45) is 0 Å². The van der Waals surface area contributed by atoms with Crippen LogP contribution in [0.4, 0.5) is 0 Å². The number of hydrogen-bond donors (Lipinski definition) is 1. The molecular weight excluding hydrogens is 250 g/mol. The molecule has 2 aromatic heterocycles. The molecule has 3 rings (SSSR count). The summed E-state index contributed by atoms with van der Waals surface area (Å²) in [6, 6.07) is 8.27. The van der Waals surface area contributed by atoms with Crippen molar-refractivity contribution in [1.29, 1.82) is 0 Å². The second-order valence-electron chi connectivity index (χ2n) is 4.70. The van der Waals surface area contributed by atoms with Crippen LogP contribution in [0.15, 0.2) is 47.3 Å². The lowest BCUT2D eigenvalue weighted by atomic mass is 10.1. The number of aromatic nitrogens is 2. The Kier molecular flexibility index (Phi) is 3.74. The van der Waals surface area contributed by atoms with Crippen molar-refractivity contribution in [2.45, 2.75) is 26.4 Å². The molecule has 0 atom stereocenters. The molecule has 1 N–H and O–H groups in total. The van der Waals surface area contributed by atoms with E-state index in [0.717, 1.165) is 30.0 Å². The van der Waals surface area contributed by atoms with Gasteiger partial charge in [-0.2, -0.15) is 0 Å². The first-order valence-corrected chi connectivity index (χ1v) is 6.82. The molecule has 4 heteroatoms. The Labute approximate surface area is 117 Å². The number of fused-ring (bicyclic) bond motifs is 1. The number of nitrogens with zero attached hydrogens (tertiary/aromatic N) is 2. The Morgan fingerprint density at radius 2 is 2.00 bits per heavy atom. The van der Waals surface area contributed by atoms with Crippen LogP contribution in [0.1, 0.15) is 24.1 Å². The Hall–Kier alpha value is -2.20. The van der Waals surface area contributed by atoms with Crippen molar-refractivity contribution in [3.8, 4) is 0 Å². The van der Waals surface area contributed by atoms with Crippen LogP contribution in [0.2, 0.25) is 0 Å². The van der Waals surface area contributed by atoms with Crippen molar-refractivity contribution in [3.05, 3.63) is 60.1 Å². The third-order valence-corrected chi connectivity index (χ3v) is 3.29. The van der Waals surface area contributed by atoms with Crippen LogP contribution in [0.25, 0.3) is 10.8 Å². The molecule has 0 saturated heterocycles. The van der Waals surface area contributed by atoms with Crippen LogP contribution < -0.4 is 5.32 Å². The number of benzene rings is 1. The van der Waals surface area contributed by atoms with Gasteiger partial charge < -0.3 is 9.73 Å². The molecule has 0 unspecified atom stereocenters. The average Bonchev–Trinajstić information content (AvgIpc) is 2.95. The van der Waals surface area contributed by atoms with Crippen molar-refractivity contribution in [3.63, 3.8) is 0 Å². The highest BCUT2D eigenvalue weighted by atomic mass is 16.4. The van der Waals surface area contributed by atoms with Gasteiger partial charge in [-0.1, -0.05) is 31.2 Å². The van der Waals surface area contributed by atoms with E-state index in [-0.39, 0.29) is 0 Å². The maximum absolute atomic E-state index is 5.57. The first-order chi connectivity index (χ1) is 9.86. The van der Waals surface area contributed by atoms with Crippen LogP contribution >= 0.6 is 0 Å². The number of nitrogens with one attached hydrogen (secondary N) is 1. The molecule has 1 aromatic carbocycles. The summed E-state index contributed by atoms with van der Waals surface area (Å²) >= 11 is 0. The molecule has 4 nitrogen and oxygen atoms in total. The molecule has 0 radical (unpaired) electrons. The van der Waals surface area contributed by atoms with E-state index in [0.29, 0.717) is 6.54 Å². The van der Waals surface area contributed by atoms with Gasteiger partial charge in [0.2, 0.25) is 5.89 Å². The van der Waals surface area contributed by atoms with Gasteiger partial charge in [-0.15, -0.1) is 0 Å². The van der Waals surface area contributed by atoms with Crippen molar-refractivity contribution >= 4 is 10.8 Å². The van der Waals surface area contributed by atoms with Gasteiger partial charge in [-0.25, -0.2) is 4.98 Å². The van der Waals surface area contributed by atoms with E-state index in [1.165, 1.54) is 10.9 Å². The molecular formula is C16H17N3O. The van der Waals surface area contributed by atoms with E-state index in [4.69, 9.17) is 4.42 Å². The second kappa shape index (κ2) is 5.84. The largest absolute Gasteiger partial charge is 0.444 e. The average molecular weight is 267 g/mol. The fraction of sp³-hybridized carbons (Fsp3) is 0.250. The van der Waals surface area contributed by atoms with Gasteiger partial charge in [0.05, 0.1) is 12.7 Å². The minimum Gasteiger partial charge on any atom is -0.444 e. The lowest BCUT2D eigenvalue weighted by Gasteiger charge is -2.06. The topological polar surface area (TPSA) is 51.0 Å². The Bertz CT molecular complexity index is 700. The summed E-state index contributed by atoms with van der Waals surface area (Å²) in [4.78, 5) is 8.51. The zero-order chi connectivity index (χ0) is 13.8. The Balaban J connectivity index is 1.68. The van der Waals surface area contributed by atoms with Crippen molar-refractivity contribution in [1.82, 2.24) is 15.3 Å². The van der Waals surface area contributed by atoms with Gasteiger partial charge in [0.1, 0.15) is 5.76 Å². The van der Waals surface area contributed by atoms with Gasteiger partial charge in [-0.05, 0) is 10.9 Å². The van der Waals surface area contributed by atoms with Gasteiger partial charge in [0, 0.05) is 30.7 Å². The number of rotatable bonds is 5. The lowest BCUT2D eigenvalue weighted by molar-refractivity contribution is 0.439. The molecule has 0 bridgehead atoms. The summed E-state index contributed by atoms with van der Waals surface area (Å²) < 4.78 is 5.57. The maximum atomic E-state index is 5.57. The molecule has 0 saturated carbocycles. The van der Waals surface area contributed by atoms with Crippen LogP contribution in [-0.2, 0) is 19.5 Å². The highest BCUT2D eigenvalue weighted by molar-refractivity contribution is 5.84. The zero-order valence-corrected chi connectivity index (χ0v) is 11.5. The van der Waals surface area contributed by atoms with Crippen LogP contribution in [0, 0.1) is 0 Å². The van der Waals surface area contributed by atoms with Crippen molar-refractivity contribution in [2.75, 3.05) is 0 Å². The highest BCUT2D eigenvalue weighted by Crippen LogP contribution is 2.16. The highest BCUT2D eigenvalue weighted by Gasteiger charge is 2.04. The van der Waals surface area contributed by atoms with E-state index >= 15 is 0 Å². The first kappa shape index (κ1) is 12.8. The third kappa shape index (κ3) is 2.70. The summed E-state index contributed by atoms with van der Waals surface area (Å²) in [6.07, 6.45) is 6.46. The minimum atomic E-state index is 0.628. The van der Waals surface area contributed by atoms with E-state index in [9.17, 15) is 0 Å². The summed E-state index contributed by atoms with van der Waals surface area (Å²) in [5.74, 6) is 1.66. The molecule has 20 heavy (non-hydrogen) atoms. The predicted molar refractivity (Wildman–Crippen MR) is 78.2 cm³/mol. The van der Waals surface area contributed by atoms with Gasteiger partial charge in [-0.3, -0.25) is 4.98 Å². The van der Waals surface area contributed by atoms with E-state index < -0.39 is 0 Å². The quantitative estimate of drug-likeness (QED) is 0.772. The SMILES string of the molecule is CCc1cnc(CNCc2cncc3ccccc23)o1. The van der Waals surface area contributed by atoms with Crippen LogP contribution in [0.5, 0.6) is 0 Å². The molecule has 0 aliphatic carbocycles. The second-order valence-corrected chi connectivity index (χ2v) is 4.70. The summed E-state index contributed by atoms with van der Waals surface area (Å²) in [6.45, 7) is 3.43. The van der Waals surface area contributed by atoms with Crippen LogP contribution in [0.3, 0.4) is 0 Å². The number of hydrogen-bond acceptors (Lipinski definition) is 4. The summed E-state index contributed by atoms with van der Waals surface area (Å²) in [5.41, 5.74) is 1.19. The zero-order valence-electron chi connectivity index (χ0n) is 11.5. The fourth-order valence-corrected chi connectivity index (χ4v) is 2.22. The number of oxazole rings is 1. The summed E-state index contributed by atoms with van der Waals surface area (Å²) in [5, 5.41) is 5.75. The molecule has 0 aliphatic rings. The van der Waals surface area contributed by atoms with E-state index in [1.807, 2.05) is 24.5 Å². The van der Waals surface area contributed by atoms with Crippen molar-refractivity contribution < 1.29 is 4.42 Å². The first-order valence-electron chi connectivity index (χ1n) is 6.82. The van der Waals surface area contributed by atoms with E-state index in [1.54, 1.807) is 6.20 Å². The minimum absolute atomic E-state index is 0.628. The lowest BCUT2D eigenvalue weighted by Crippen LogP contribution is -2.13. The maximum Gasteiger partial charge on any atom is 0.208 e. The smallest absolute Gasteiger partial charge is 0.208 e. The molecule has 0 amide bonds. The van der Waals surface area contributed by atoms with Crippen LogP contribution in [-0.4, -0.2) is 9.97 Å². The number of pyridine rings is 1. The van der Waals surface area contributed by atoms with Gasteiger partial charge >= 0.3 is 0 Å².